The van der Waals surface area contributed by atoms with Gasteiger partial charge in [0.25, 0.3) is 0 Å². The molecule has 1 aliphatic carbocycles. The van der Waals surface area contributed by atoms with Gasteiger partial charge in [0.15, 0.2) is 0 Å². The van der Waals surface area contributed by atoms with E-state index in [4.69, 9.17) is 0 Å². The van der Waals surface area contributed by atoms with E-state index in [9.17, 15) is 4.79 Å². The van der Waals surface area contributed by atoms with Gasteiger partial charge < -0.3 is 10.6 Å². The van der Waals surface area contributed by atoms with E-state index < -0.39 is 0 Å². The van der Waals surface area contributed by atoms with E-state index in [1.54, 1.807) is 4.68 Å². The monoisotopic (exact) mass is 249 g/mol. The van der Waals surface area contributed by atoms with Crippen LogP contribution in [0.4, 0.5) is 0 Å². The molecule has 0 unspecified atom stereocenters. The van der Waals surface area contributed by atoms with E-state index in [0.717, 1.165) is 37.9 Å². The van der Waals surface area contributed by atoms with E-state index in [1.165, 1.54) is 0 Å². The molecule has 18 heavy (non-hydrogen) atoms. The minimum Gasteiger partial charge on any atom is -0.350 e. The SMILES string of the molecule is Cn1cc(CNC(=O)[C@]23CCC[C@H]2NCC3)nn1. The van der Waals surface area contributed by atoms with Crippen LogP contribution in [-0.2, 0) is 18.4 Å². The van der Waals surface area contributed by atoms with Gasteiger partial charge in [-0.05, 0) is 25.8 Å². The number of hydrogen-bond acceptors (Lipinski definition) is 4. The van der Waals surface area contributed by atoms with Gasteiger partial charge >= 0.3 is 0 Å². The molecule has 1 aromatic rings. The molecule has 98 valence electrons. The van der Waals surface area contributed by atoms with Gasteiger partial charge in [-0.15, -0.1) is 5.10 Å². The molecule has 6 heteroatoms. The summed E-state index contributed by atoms with van der Waals surface area (Å²) in [7, 11) is 1.82. The third-order valence-electron chi connectivity index (χ3n) is 4.28. The van der Waals surface area contributed by atoms with E-state index in [0.29, 0.717) is 12.6 Å². The quantitative estimate of drug-likeness (QED) is 0.788. The molecule has 2 aliphatic rings. The molecule has 3 rings (SSSR count). The molecule has 2 N–H and O–H groups in total. The first-order valence-electron chi connectivity index (χ1n) is 6.58. The zero-order valence-corrected chi connectivity index (χ0v) is 10.6. The molecular formula is C12H19N5O. The Bertz CT molecular complexity index is 445. The summed E-state index contributed by atoms with van der Waals surface area (Å²) in [6.07, 6.45) is 6.08. The highest BCUT2D eigenvalue weighted by atomic mass is 16.2. The highest BCUT2D eigenvalue weighted by molar-refractivity contribution is 5.84. The predicted molar refractivity (Wildman–Crippen MR) is 65.5 cm³/mol. The Balaban J connectivity index is 1.64. The maximum Gasteiger partial charge on any atom is 0.228 e. The molecule has 0 bridgehead atoms. The van der Waals surface area contributed by atoms with Crippen LogP contribution < -0.4 is 10.6 Å². The number of carbonyl (C=O) groups is 1. The summed E-state index contributed by atoms with van der Waals surface area (Å²) in [6.45, 7) is 1.43. The Hall–Kier alpha value is -1.43. The molecule has 0 aromatic carbocycles. The predicted octanol–water partition coefficient (Wildman–Crippen LogP) is -0.0365. The third-order valence-corrected chi connectivity index (χ3v) is 4.28. The zero-order valence-electron chi connectivity index (χ0n) is 10.6. The first kappa shape index (κ1) is 11.6. The molecular weight excluding hydrogens is 230 g/mol. The highest BCUT2D eigenvalue weighted by Crippen LogP contribution is 2.44. The smallest absolute Gasteiger partial charge is 0.228 e. The van der Waals surface area contributed by atoms with E-state index in [2.05, 4.69) is 20.9 Å². The number of hydrogen-bond donors (Lipinski definition) is 2. The van der Waals surface area contributed by atoms with Crippen molar-refractivity contribution in [3.05, 3.63) is 11.9 Å². The van der Waals surface area contributed by atoms with Gasteiger partial charge in [-0.25, -0.2) is 0 Å². The van der Waals surface area contributed by atoms with Crippen LogP contribution in [0.5, 0.6) is 0 Å². The molecule has 1 amide bonds. The molecule has 0 radical (unpaired) electrons. The van der Waals surface area contributed by atoms with Gasteiger partial charge in [0.1, 0.15) is 5.69 Å². The minimum atomic E-state index is -0.164. The van der Waals surface area contributed by atoms with Gasteiger partial charge in [-0.3, -0.25) is 9.48 Å². The summed E-state index contributed by atoms with van der Waals surface area (Å²) in [5.41, 5.74) is 0.644. The largest absolute Gasteiger partial charge is 0.350 e. The minimum absolute atomic E-state index is 0.164. The van der Waals surface area contributed by atoms with Crippen LogP contribution in [0.15, 0.2) is 6.20 Å². The highest BCUT2D eigenvalue weighted by Gasteiger charge is 2.51. The molecule has 2 heterocycles. The van der Waals surface area contributed by atoms with Crippen LogP contribution in [0.3, 0.4) is 0 Å². The van der Waals surface area contributed by atoms with Crippen molar-refractivity contribution in [3.8, 4) is 0 Å². The fourth-order valence-corrected chi connectivity index (χ4v) is 3.35. The molecule has 1 saturated carbocycles. The van der Waals surface area contributed by atoms with Gasteiger partial charge in [-0.2, -0.15) is 0 Å². The number of nitrogens with zero attached hydrogens (tertiary/aromatic N) is 3. The van der Waals surface area contributed by atoms with Crippen LogP contribution in [0.1, 0.15) is 31.4 Å². The van der Waals surface area contributed by atoms with Crippen LogP contribution in [0.2, 0.25) is 0 Å². The van der Waals surface area contributed by atoms with Crippen molar-refractivity contribution in [2.24, 2.45) is 12.5 Å². The van der Waals surface area contributed by atoms with E-state index in [1.807, 2.05) is 13.2 Å². The summed E-state index contributed by atoms with van der Waals surface area (Å²) in [5, 5.41) is 14.3. The first-order chi connectivity index (χ1) is 8.71. The van der Waals surface area contributed by atoms with E-state index >= 15 is 0 Å². The number of amides is 1. The number of nitrogens with one attached hydrogen (secondary N) is 2. The van der Waals surface area contributed by atoms with Crippen molar-refractivity contribution < 1.29 is 4.79 Å². The van der Waals surface area contributed by atoms with Crippen LogP contribution in [0.25, 0.3) is 0 Å². The molecule has 1 aromatic heterocycles. The lowest BCUT2D eigenvalue weighted by Gasteiger charge is -2.27. The van der Waals surface area contributed by atoms with Crippen LogP contribution in [-0.4, -0.2) is 33.5 Å². The Labute approximate surface area is 106 Å². The second kappa shape index (κ2) is 4.35. The van der Waals surface area contributed by atoms with Crippen LogP contribution in [0, 0.1) is 5.41 Å². The normalized spacial score (nSPS) is 30.4. The van der Waals surface area contributed by atoms with Crippen molar-refractivity contribution >= 4 is 5.91 Å². The topological polar surface area (TPSA) is 71.8 Å². The number of carbonyl (C=O) groups excluding carboxylic acids is 1. The zero-order chi connectivity index (χ0) is 12.6. The molecule has 1 aliphatic heterocycles. The van der Waals surface area contributed by atoms with Gasteiger partial charge in [0, 0.05) is 19.3 Å². The van der Waals surface area contributed by atoms with Crippen molar-refractivity contribution in [1.29, 1.82) is 0 Å². The second-order valence-corrected chi connectivity index (χ2v) is 5.37. The average Bonchev–Trinajstić information content (AvgIpc) is 3.00. The fourth-order valence-electron chi connectivity index (χ4n) is 3.35. The molecule has 6 nitrogen and oxygen atoms in total. The number of aryl methyl sites for hydroxylation is 1. The number of aromatic nitrogens is 3. The van der Waals surface area contributed by atoms with Crippen molar-refractivity contribution in [3.63, 3.8) is 0 Å². The average molecular weight is 249 g/mol. The maximum absolute atomic E-state index is 12.4. The number of fused-ring (bicyclic) bond motifs is 1. The Morgan fingerprint density at radius 1 is 1.67 bits per heavy atom. The Morgan fingerprint density at radius 2 is 2.56 bits per heavy atom. The summed E-state index contributed by atoms with van der Waals surface area (Å²) < 4.78 is 1.65. The Morgan fingerprint density at radius 3 is 3.33 bits per heavy atom. The lowest BCUT2D eigenvalue weighted by atomic mass is 9.81. The Kier molecular flexibility index (Phi) is 2.81. The molecule has 2 atom stereocenters. The van der Waals surface area contributed by atoms with Crippen molar-refractivity contribution in [2.75, 3.05) is 6.54 Å². The van der Waals surface area contributed by atoms with Gasteiger partial charge in [0.2, 0.25) is 5.91 Å². The summed E-state index contributed by atoms with van der Waals surface area (Å²) >= 11 is 0. The lowest BCUT2D eigenvalue weighted by Crippen LogP contribution is -2.45. The van der Waals surface area contributed by atoms with Gasteiger partial charge in [-0.1, -0.05) is 11.6 Å². The summed E-state index contributed by atoms with van der Waals surface area (Å²) in [6, 6.07) is 0.374. The molecule has 1 saturated heterocycles. The van der Waals surface area contributed by atoms with Crippen LogP contribution >= 0.6 is 0 Å². The number of rotatable bonds is 3. The first-order valence-corrected chi connectivity index (χ1v) is 6.58. The van der Waals surface area contributed by atoms with Gasteiger partial charge in [0.05, 0.1) is 12.0 Å². The third kappa shape index (κ3) is 1.80. The summed E-state index contributed by atoms with van der Waals surface area (Å²) in [5.74, 6) is 0.181. The standard InChI is InChI=1S/C12H19N5O/c1-17-8-9(15-16-17)7-14-11(18)12-4-2-3-10(12)13-6-5-12/h8,10,13H,2-7H2,1H3,(H,14,18)/t10-,12+/m1/s1. The van der Waals surface area contributed by atoms with Crippen molar-refractivity contribution in [1.82, 2.24) is 25.6 Å². The molecule has 2 fully saturated rings. The lowest BCUT2D eigenvalue weighted by molar-refractivity contribution is -0.131. The fraction of sp³-hybridized carbons (Fsp3) is 0.750. The van der Waals surface area contributed by atoms with E-state index in [-0.39, 0.29) is 11.3 Å². The second-order valence-electron chi connectivity index (χ2n) is 5.37. The van der Waals surface area contributed by atoms with Crippen molar-refractivity contribution in [2.45, 2.75) is 38.3 Å². The summed E-state index contributed by atoms with van der Waals surface area (Å²) in [4.78, 5) is 12.4. The maximum atomic E-state index is 12.4. The molecule has 0 spiro atoms.